The molecule has 2 rings (SSSR count). The lowest BCUT2D eigenvalue weighted by Crippen LogP contribution is -2.19. The highest BCUT2D eigenvalue weighted by Crippen LogP contribution is 2.10. The van der Waals surface area contributed by atoms with Crippen molar-refractivity contribution in [2.45, 2.75) is 20.0 Å². The van der Waals surface area contributed by atoms with Crippen molar-refractivity contribution < 1.29 is 4.79 Å². The lowest BCUT2D eigenvalue weighted by Gasteiger charge is -2.09. The number of aromatic nitrogens is 2. The number of nitrogens with zero attached hydrogens (tertiary/aromatic N) is 2. The zero-order valence-electron chi connectivity index (χ0n) is 11.0. The summed E-state index contributed by atoms with van der Waals surface area (Å²) in [6, 6.07) is 5.54. The number of nitrogens with one attached hydrogen (secondary N) is 1. The molecule has 2 aromatic rings. The van der Waals surface area contributed by atoms with E-state index in [9.17, 15) is 4.79 Å². The van der Waals surface area contributed by atoms with Gasteiger partial charge >= 0.3 is 0 Å². The van der Waals surface area contributed by atoms with Crippen LogP contribution in [-0.2, 0) is 13.1 Å². The highest BCUT2D eigenvalue weighted by molar-refractivity contribution is 5.93. The number of carbonyl (C=O) groups is 1. The van der Waals surface area contributed by atoms with Gasteiger partial charge in [0.15, 0.2) is 0 Å². The number of aryl methyl sites for hydroxylation is 1. The number of imidazole rings is 1. The van der Waals surface area contributed by atoms with Crippen molar-refractivity contribution in [2.75, 3.05) is 6.54 Å². The standard InChI is InChI=1S/C14H18N4O/c1-11-8-12(14(15)19)2-3-13(11)9-16-4-6-18-7-5-17-10-18/h2-3,5,7-8,10,16H,4,6,9H2,1H3,(H2,15,19). The Morgan fingerprint density at radius 2 is 2.32 bits per heavy atom. The average Bonchev–Trinajstić information content (AvgIpc) is 2.89. The maximum Gasteiger partial charge on any atom is 0.248 e. The summed E-state index contributed by atoms with van der Waals surface area (Å²) >= 11 is 0. The summed E-state index contributed by atoms with van der Waals surface area (Å²) in [5.41, 5.74) is 8.05. The Hall–Kier alpha value is -2.14. The molecule has 19 heavy (non-hydrogen) atoms. The minimum atomic E-state index is -0.386. The molecule has 5 nitrogen and oxygen atoms in total. The van der Waals surface area contributed by atoms with Crippen molar-refractivity contribution in [1.82, 2.24) is 14.9 Å². The van der Waals surface area contributed by atoms with Gasteiger partial charge in [-0.15, -0.1) is 0 Å². The maximum absolute atomic E-state index is 11.1. The first-order chi connectivity index (χ1) is 9.16. The number of rotatable bonds is 6. The number of carbonyl (C=O) groups excluding carboxylic acids is 1. The van der Waals surface area contributed by atoms with Gasteiger partial charge in [0.05, 0.1) is 6.33 Å². The number of benzene rings is 1. The molecule has 0 saturated carbocycles. The van der Waals surface area contributed by atoms with Crippen LogP contribution < -0.4 is 11.1 Å². The highest BCUT2D eigenvalue weighted by atomic mass is 16.1. The van der Waals surface area contributed by atoms with Gasteiger partial charge in [-0.3, -0.25) is 4.79 Å². The zero-order chi connectivity index (χ0) is 13.7. The number of primary amides is 1. The van der Waals surface area contributed by atoms with E-state index in [0.29, 0.717) is 5.56 Å². The van der Waals surface area contributed by atoms with Crippen LogP contribution in [0.1, 0.15) is 21.5 Å². The summed E-state index contributed by atoms with van der Waals surface area (Å²) in [7, 11) is 0. The molecule has 0 aliphatic carbocycles. The van der Waals surface area contributed by atoms with Gasteiger partial charge < -0.3 is 15.6 Å². The monoisotopic (exact) mass is 258 g/mol. The number of nitrogens with two attached hydrogens (primary N) is 1. The van der Waals surface area contributed by atoms with E-state index in [-0.39, 0.29) is 5.91 Å². The molecule has 3 N–H and O–H groups in total. The van der Waals surface area contributed by atoms with Crippen LogP contribution in [-0.4, -0.2) is 22.0 Å². The van der Waals surface area contributed by atoms with E-state index in [2.05, 4.69) is 10.3 Å². The molecule has 0 bridgehead atoms. The maximum atomic E-state index is 11.1. The molecule has 0 fully saturated rings. The van der Waals surface area contributed by atoms with E-state index in [1.807, 2.05) is 29.8 Å². The highest BCUT2D eigenvalue weighted by Gasteiger charge is 2.03. The summed E-state index contributed by atoms with van der Waals surface area (Å²) in [5, 5.41) is 3.36. The van der Waals surface area contributed by atoms with E-state index in [0.717, 1.165) is 25.2 Å². The molecule has 1 amide bonds. The third-order valence-corrected chi connectivity index (χ3v) is 3.05. The van der Waals surface area contributed by atoms with Crippen molar-refractivity contribution in [1.29, 1.82) is 0 Å². The van der Waals surface area contributed by atoms with E-state index in [4.69, 9.17) is 5.73 Å². The quantitative estimate of drug-likeness (QED) is 0.761. The van der Waals surface area contributed by atoms with Gasteiger partial charge in [-0.25, -0.2) is 4.98 Å². The topological polar surface area (TPSA) is 72.9 Å². The predicted octanol–water partition coefficient (Wildman–Crippen LogP) is 1.08. The molecule has 5 heteroatoms. The third-order valence-electron chi connectivity index (χ3n) is 3.05. The smallest absolute Gasteiger partial charge is 0.248 e. The van der Waals surface area contributed by atoms with Gasteiger partial charge in [0.2, 0.25) is 5.91 Å². The minimum Gasteiger partial charge on any atom is -0.366 e. The second-order valence-electron chi connectivity index (χ2n) is 4.48. The molecule has 100 valence electrons. The predicted molar refractivity (Wildman–Crippen MR) is 73.6 cm³/mol. The molecule has 0 aliphatic rings. The van der Waals surface area contributed by atoms with Crippen molar-refractivity contribution in [2.24, 2.45) is 5.73 Å². The number of hydrogen-bond donors (Lipinski definition) is 2. The fraction of sp³-hybridized carbons (Fsp3) is 0.286. The lowest BCUT2D eigenvalue weighted by molar-refractivity contribution is 0.1000. The molecule has 0 radical (unpaired) electrons. The van der Waals surface area contributed by atoms with Crippen LogP contribution in [0.5, 0.6) is 0 Å². The van der Waals surface area contributed by atoms with Crippen molar-refractivity contribution in [3.05, 3.63) is 53.6 Å². The molecule has 1 aromatic heterocycles. The van der Waals surface area contributed by atoms with Crippen LogP contribution in [0.2, 0.25) is 0 Å². The largest absolute Gasteiger partial charge is 0.366 e. The van der Waals surface area contributed by atoms with Crippen molar-refractivity contribution in [3.63, 3.8) is 0 Å². The SMILES string of the molecule is Cc1cc(C(N)=O)ccc1CNCCn1ccnc1. The Labute approximate surface area is 112 Å². The van der Waals surface area contributed by atoms with Crippen molar-refractivity contribution in [3.8, 4) is 0 Å². The molecular weight excluding hydrogens is 240 g/mol. The van der Waals surface area contributed by atoms with Gasteiger partial charge in [-0.2, -0.15) is 0 Å². The second-order valence-corrected chi connectivity index (χ2v) is 4.48. The Kier molecular flexibility index (Phi) is 4.30. The van der Waals surface area contributed by atoms with Gasteiger partial charge in [0.25, 0.3) is 0 Å². The summed E-state index contributed by atoms with van der Waals surface area (Å²) in [6.45, 7) is 4.52. The summed E-state index contributed by atoms with van der Waals surface area (Å²) in [5.74, 6) is -0.386. The first kappa shape index (κ1) is 13.3. The molecule has 0 saturated heterocycles. The molecule has 0 unspecified atom stereocenters. The summed E-state index contributed by atoms with van der Waals surface area (Å²) < 4.78 is 2.02. The van der Waals surface area contributed by atoms with E-state index >= 15 is 0 Å². The fourth-order valence-electron chi connectivity index (χ4n) is 1.90. The first-order valence-corrected chi connectivity index (χ1v) is 6.22. The number of hydrogen-bond acceptors (Lipinski definition) is 3. The molecule has 0 aliphatic heterocycles. The average molecular weight is 258 g/mol. The van der Waals surface area contributed by atoms with E-state index in [1.54, 1.807) is 18.6 Å². The molecule has 1 aromatic carbocycles. The Bertz CT molecular complexity index is 549. The molecular formula is C14H18N4O. The Balaban J connectivity index is 1.84. The zero-order valence-corrected chi connectivity index (χ0v) is 11.0. The lowest BCUT2D eigenvalue weighted by atomic mass is 10.0. The minimum absolute atomic E-state index is 0.386. The van der Waals surface area contributed by atoms with Gasteiger partial charge in [-0.05, 0) is 30.2 Å². The molecule has 0 atom stereocenters. The van der Waals surface area contributed by atoms with Gasteiger partial charge in [-0.1, -0.05) is 6.07 Å². The summed E-state index contributed by atoms with van der Waals surface area (Å²) in [4.78, 5) is 15.0. The fourth-order valence-corrected chi connectivity index (χ4v) is 1.90. The Morgan fingerprint density at radius 3 is 2.95 bits per heavy atom. The van der Waals surface area contributed by atoms with Crippen LogP contribution in [0.3, 0.4) is 0 Å². The first-order valence-electron chi connectivity index (χ1n) is 6.22. The van der Waals surface area contributed by atoms with E-state index < -0.39 is 0 Å². The van der Waals surface area contributed by atoms with Crippen LogP contribution >= 0.6 is 0 Å². The van der Waals surface area contributed by atoms with Crippen LogP contribution in [0, 0.1) is 6.92 Å². The van der Waals surface area contributed by atoms with Crippen LogP contribution in [0.15, 0.2) is 36.9 Å². The number of amides is 1. The van der Waals surface area contributed by atoms with Gasteiger partial charge in [0, 0.05) is 37.6 Å². The van der Waals surface area contributed by atoms with E-state index in [1.165, 1.54) is 5.56 Å². The molecule has 0 spiro atoms. The van der Waals surface area contributed by atoms with Crippen molar-refractivity contribution >= 4 is 5.91 Å². The third kappa shape index (κ3) is 3.66. The van der Waals surface area contributed by atoms with Crippen LogP contribution in [0.25, 0.3) is 0 Å². The molecule has 1 heterocycles. The summed E-state index contributed by atoms with van der Waals surface area (Å²) in [6.07, 6.45) is 5.51. The second kappa shape index (κ2) is 6.15. The normalized spacial score (nSPS) is 10.6. The van der Waals surface area contributed by atoms with Gasteiger partial charge in [0.1, 0.15) is 0 Å². The van der Waals surface area contributed by atoms with Crippen LogP contribution in [0.4, 0.5) is 0 Å². The Morgan fingerprint density at radius 1 is 1.47 bits per heavy atom.